The van der Waals surface area contributed by atoms with Crippen molar-refractivity contribution < 1.29 is 9.59 Å². The number of nitrogens with one attached hydrogen (secondary N) is 2. The number of rotatable bonds is 4. The number of para-hydroxylation sites is 1. The summed E-state index contributed by atoms with van der Waals surface area (Å²) in [6.45, 7) is 10.6. The third-order valence-corrected chi connectivity index (χ3v) is 4.56. The van der Waals surface area contributed by atoms with Gasteiger partial charge in [0.25, 0.3) is 5.91 Å². The number of benzene rings is 2. The lowest BCUT2D eigenvalue weighted by atomic mass is 10.1. The summed E-state index contributed by atoms with van der Waals surface area (Å²) < 4.78 is 0. The fourth-order valence-corrected chi connectivity index (χ4v) is 3.22. The molecule has 31 heavy (non-hydrogen) atoms. The average molecular weight is 427 g/mol. The number of anilines is 1. The van der Waals surface area contributed by atoms with E-state index in [0.29, 0.717) is 24.1 Å². The molecule has 0 aromatic heterocycles. The highest BCUT2D eigenvalue weighted by atomic mass is 16.2. The summed E-state index contributed by atoms with van der Waals surface area (Å²) in [5.74, 6) is -0.146. The molecule has 4 N–H and O–H groups in total. The van der Waals surface area contributed by atoms with Crippen molar-refractivity contribution in [2.24, 2.45) is 11.7 Å². The molecule has 0 radical (unpaired) electrons. The summed E-state index contributed by atoms with van der Waals surface area (Å²) in [4.78, 5) is 27.2. The van der Waals surface area contributed by atoms with Crippen LogP contribution in [0.5, 0.6) is 0 Å². The first-order valence-electron chi connectivity index (χ1n) is 10.6. The van der Waals surface area contributed by atoms with Crippen LogP contribution in [-0.4, -0.2) is 35.1 Å². The molecule has 2 atom stereocenters. The molecule has 2 unspecified atom stereocenters. The Hall–Kier alpha value is -3.15. The summed E-state index contributed by atoms with van der Waals surface area (Å²) in [6, 6.07) is 15.3. The van der Waals surface area contributed by atoms with Crippen molar-refractivity contribution in [3.8, 4) is 0 Å². The first kappa shape index (κ1) is 27.8. The van der Waals surface area contributed by atoms with E-state index < -0.39 is 6.04 Å². The molecule has 3 rings (SSSR count). The lowest BCUT2D eigenvalue weighted by Crippen LogP contribution is -2.43. The number of nitrogens with zero attached hydrogens (tertiary/aromatic N) is 1. The van der Waals surface area contributed by atoms with Crippen molar-refractivity contribution in [2.75, 3.05) is 11.9 Å². The quantitative estimate of drug-likeness (QED) is 0.466. The van der Waals surface area contributed by atoms with Gasteiger partial charge in [-0.3, -0.25) is 15.0 Å². The SMILES string of the molecule is C.CC.CC.CC1CC(C(=O)Nc2ccccc2)N(C(=O)c2ccc(C(=N)N)cc2)C1. The molecule has 2 aromatic carbocycles. The third-order valence-electron chi connectivity index (χ3n) is 4.56. The lowest BCUT2D eigenvalue weighted by Gasteiger charge is -2.24. The van der Waals surface area contributed by atoms with Gasteiger partial charge in [-0.25, -0.2) is 0 Å². The number of amides is 2. The van der Waals surface area contributed by atoms with Crippen molar-refractivity contribution in [1.29, 1.82) is 5.41 Å². The molecular weight excluding hydrogens is 388 g/mol. The molecule has 0 bridgehead atoms. The summed E-state index contributed by atoms with van der Waals surface area (Å²) in [5, 5.41) is 10.3. The standard InChI is InChI=1S/C20H22N4O2.2C2H6.CH4/c1-13-11-17(19(25)23-16-5-3-2-4-6-16)24(12-13)20(26)15-9-7-14(8-10-15)18(21)22;2*1-2;/h2-10,13,17H,11-12H2,1H3,(H3,21,22)(H,23,25);2*1-2H3;1H4. The first-order valence-corrected chi connectivity index (χ1v) is 10.6. The molecule has 2 amide bonds. The van der Waals surface area contributed by atoms with Crippen molar-refractivity contribution in [3.63, 3.8) is 0 Å². The minimum Gasteiger partial charge on any atom is -0.384 e. The predicted octanol–water partition coefficient (Wildman–Crippen LogP) is 5.15. The molecule has 1 aliphatic heterocycles. The van der Waals surface area contributed by atoms with Crippen molar-refractivity contribution in [1.82, 2.24) is 4.90 Å². The minimum atomic E-state index is -0.495. The van der Waals surface area contributed by atoms with E-state index >= 15 is 0 Å². The highest BCUT2D eigenvalue weighted by molar-refractivity contribution is 6.02. The number of carbonyl (C=O) groups excluding carboxylic acids is 2. The summed E-state index contributed by atoms with van der Waals surface area (Å²) in [6.07, 6.45) is 0.635. The van der Waals surface area contributed by atoms with Gasteiger partial charge >= 0.3 is 0 Å². The Balaban J connectivity index is 0.00000170. The monoisotopic (exact) mass is 426 g/mol. The zero-order chi connectivity index (χ0) is 22.7. The lowest BCUT2D eigenvalue weighted by molar-refractivity contribution is -0.119. The Morgan fingerprint density at radius 1 is 0.968 bits per heavy atom. The number of likely N-dealkylation sites (tertiary alicyclic amines) is 1. The Morgan fingerprint density at radius 3 is 2.00 bits per heavy atom. The smallest absolute Gasteiger partial charge is 0.254 e. The Labute approximate surface area is 187 Å². The van der Waals surface area contributed by atoms with Gasteiger partial charge in [-0.05, 0) is 36.6 Å². The first-order chi connectivity index (χ1) is 14.5. The fourth-order valence-electron chi connectivity index (χ4n) is 3.22. The molecule has 0 spiro atoms. The van der Waals surface area contributed by atoms with Gasteiger partial charge in [0.15, 0.2) is 0 Å². The van der Waals surface area contributed by atoms with E-state index in [2.05, 4.69) is 5.32 Å². The second kappa shape index (κ2) is 14.0. The topological polar surface area (TPSA) is 99.3 Å². The van der Waals surface area contributed by atoms with Crippen LogP contribution >= 0.6 is 0 Å². The highest BCUT2D eigenvalue weighted by Crippen LogP contribution is 2.26. The van der Waals surface area contributed by atoms with Crippen molar-refractivity contribution in [3.05, 3.63) is 65.7 Å². The summed E-state index contributed by atoms with van der Waals surface area (Å²) in [5.41, 5.74) is 7.22. The van der Waals surface area contributed by atoms with Gasteiger partial charge in [0.1, 0.15) is 11.9 Å². The second-order valence-electron chi connectivity index (χ2n) is 6.66. The molecule has 1 saturated heterocycles. The minimum absolute atomic E-state index is 0. The van der Waals surface area contributed by atoms with Crippen LogP contribution in [0.3, 0.4) is 0 Å². The summed E-state index contributed by atoms with van der Waals surface area (Å²) >= 11 is 0. The zero-order valence-corrected chi connectivity index (χ0v) is 18.6. The molecule has 1 aliphatic rings. The molecule has 6 nitrogen and oxygen atoms in total. The van der Waals surface area contributed by atoms with Crippen molar-refractivity contribution in [2.45, 2.75) is 54.5 Å². The third kappa shape index (κ3) is 7.55. The molecule has 1 fully saturated rings. The van der Waals surface area contributed by atoms with Crippen LogP contribution in [0.25, 0.3) is 0 Å². The van der Waals surface area contributed by atoms with E-state index in [1.54, 1.807) is 29.2 Å². The summed E-state index contributed by atoms with van der Waals surface area (Å²) in [7, 11) is 0. The van der Waals surface area contributed by atoms with Crippen LogP contribution in [0.2, 0.25) is 0 Å². The molecule has 0 saturated carbocycles. The molecule has 0 aliphatic carbocycles. The van der Waals surface area contributed by atoms with Gasteiger partial charge in [-0.2, -0.15) is 0 Å². The number of hydrogen-bond acceptors (Lipinski definition) is 3. The van der Waals surface area contributed by atoms with E-state index in [1.807, 2.05) is 65.0 Å². The van der Waals surface area contributed by atoms with Gasteiger partial charge in [0, 0.05) is 23.4 Å². The van der Waals surface area contributed by atoms with Gasteiger partial charge in [-0.15, -0.1) is 0 Å². The molecular formula is C25H38N4O2. The van der Waals surface area contributed by atoms with E-state index in [4.69, 9.17) is 11.1 Å². The van der Waals surface area contributed by atoms with Gasteiger partial charge in [0.2, 0.25) is 5.91 Å². The zero-order valence-electron chi connectivity index (χ0n) is 18.6. The highest BCUT2D eigenvalue weighted by Gasteiger charge is 2.38. The molecule has 1 heterocycles. The van der Waals surface area contributed by atoms with Crippen molar-refractivity contribution >= 4 is 23.3 Å². The van der Waals surface area contributed by atoms with E-state index in [9.17, 15) is 9.59 Å². The average Bonchev–Trinajstić information content (AvgIpc) is 3.18. The number of amidine groups is 1. The van der Waals surface area contributed by atoms with Crippen LogP contribution in [0.4, 0.5) is 5.69 Å². The van der Waals surface area contributed by atoms with Gasteiger partial charge in [0.05, 0.1) is 0 Å². The Bertz CT molecular complexity index is 819. The number of hydrogen-bond donors (Lipinski definition) is 3. The van der Waals surface area contributed by atoms with E-state index in [-0.39, 0.29) is 31.0 Å². The normalized spacial score (nSPS) is 16.5. The fraction of sp³-hybridized carbons (Fsp3) is 0.400. The van der Waals surface area contributed by atoms with Gasteiger partial charge in [-0.1, -0.05) is 72.4 Å². The van der Waals surface area contributed by atoms with Crippen LogP contribution in [0.15, 0.2) is 54.6 Å². The predicted molar refractivity (Wildman–Crippen MR) is 131 cm³/mol. The molecule has 6 heteroatoms. The maximum Gasteiger partial charge on any atom is 0.254 e. The van der Waals surface area contributed by atoms with Crippen LogP contribution in [0, 0.1) is 11.3 Å². The Morgan fingerprint density at radius 2 is 1.48 bits per heavy atom. The maximum atomic E-state index is 12.9. The molecule has 2 aromatic rings. The van der Waals surface area contributed by atoms with E-state index in [1.165, 1.54) is 0 Å². The number of nitrogens with two attached hydrogens (primary N) is 1. The van der Waals surface area contributed by atoms with Crippen LogP contribution in [-0.2, 0) is 4.79 Å². The van der Waals surface area contributed by atoms with Gasteiger partial charge < -0.3 is 16.0 Å². The Kier molecular flexibility index (Phi) is 12.5. The van der Waals surface area contributed by atoms with Crippen LogP contribution in [0.1, 0.15) is 64.4 Å². The number of carbonyl (C=O) groups is 2. The largest absolute Gasteiger partial charge is 0.384 e. The van der Waals surface area contributed by atoms with Crippen LogP contribution < -0.4 is 11.1 Å². The molecule has 170 valence electrons. The second-order valence-corrected chi connectivity index (χ2v) is 6.66. The van der Waals surface area contributed by atoms with E-state index in [0.717, 1.165) is 5.69 Å². The number of nitrogen functional groups attached to an aromatic ring is 1. The maximum absolute atomic E-state index is 12.9.